The summed E-state index contributed by atoms with van der Waals surface area (Å²) < 4.78 is 7.31. The Kier molecular flexibility index (Phi) is 4.36. The zero-order valence-corrected chi connectivity index (χ0v) is 15.8. The molecule has 9 nitrogen and oxygen atoms in total. The summed E-state index contributed by atoms with van der Waals surface area (Å²) in [6, 6.07) is 6.01. The molecular formula is C19H22N8O. The lowest BCUT2D eigenvalue weighted by Gasteiger charge is -2.36. The first-order valence-electron chi connectivity index (χ1n) is 9.55. The van der Waals surface area contributed by atoms with Crippen molar-refractivity contribution in [1.29, 1.82) is 0 Å². The highest BCUT2D eigenvalue weighted by Gasteiger charge is 2.22. The second-order valence-corrected chi connectivity index (χ2v) is 7.03. The maximum Gasteiger partial charge on any atom is 0.159 e. The van der Waals surface area contributed by atoms with Crippen LogP contribution < -0.4 is 9.80 Å². The average Bonchev–Trinajstić information content (AvgIpc) is 3.28. The number of aryl methyl sites for hydroxylation is 1. The summed E-state index contributed by atoms with van der Waals surface area (Å²) in [5.41, 5.74) is 2.23. The molecule has 9 heteroatoms. The molecule has 0 amide bonds. The smallest absolute Gasteiger partial charge is 0.159 e. The first-order chi connectivity index (χ1) is 13.8. The van der Waals surface area contributed by atoms with Gasteiger partial charge in [-0.2, -0.15) is 10.2 Å². The van der Waals surface area contributed by atoms with Gasteiger partial charge in [-0.3, -0.25) is 0 Å². The molecule has 0 bridgehead atoms. The van der Waals surface area contributed by atoms with Crippen molar-refractivity contribution >= 4 is 11.6 Å². The van der Waals surface area contributed by atoms with Gasteiger partial charge in [-0.15, -0.1) is 5.10 Å². The summed E-state index contributed by atoms with van der Waals surface area (Å²) in [7, 11) is 0. The van der Waals surface area contributed by atoms with E-state index in [-0.39, 0.29) is 0 Å². The molecule has 144 valence electrons. The van der Waals surface area contributed by atoms with Gasteiger partial charge in [0.1, 0.15) is 11.6 Å². The lowest BCUT2D eigenvalue weighted by molar-refractivity contribution is 0.109. The van der Waals surface area contributed by atoms with Gasteiger partial charge in [0, 0.05) is 56.6 Å². The third-order valence-corrected chi connectivity index (χ3v) is 5.17. The number of fused-ring (bicyclic) bond motifs is 1. The average molecular weight is 378 g/mol. The number of hydrogen-bond acceptors (Lipinski definition) is 8. The minimum absolute atomic E-state index is 0.633. The van der Waals surface area contributed by atoms with Crippen LogP contribution in [-0.4, -0.2) is 62.7 Å². The van der Waals surface area contributed by atoms with Gasteiger partial charge < -0.3 is 14.5 Å². The van der Waals surface area contributed by atoms with Crippen molar-refractivity contribution < 1.29 is 4.74 Å². The van der Waals surface area contributed by atoms with Gasteiger partial charge in [-0.1, -0.05) is 0 Å². The van der Waals surface area contributed by atoms with E-state index in [1.165, 1.54) is 0 Å². The maximum absolute atomic E-state index is 5.55. The Bertz CT molecular complexity index is 966. The molecule has 3 aromatic heterocycles. The molecule has 28 heavy (non-hydrogen) atoms. The van der Waals surface area contributed by atoms with Crippen LogP contribution in [0.25, 0.3) is 5.82 Å². The van der Waals surface area contributed by atoms with E-state index in [2.05, 4.69) is 41.1 Å². The molecule has 1 fully saturated rings. The quantitative estimate of drug-likeness (QED) is 0.671. The third kappa shape index (κ3) is 3.29. The fourth-order valence-electron chi connectivity index (χ4n) is 3.67. The summed E-state index contributed by atoms with van der Waals surface area (Å²) in [4.78, 5) is 13.7. The van der Waals surface area contributed by atoms with Crippen molar-refractivity contribution in [2.45, 2.75) is 20.0 Å². The molecule has 1 saturated heterocycles. The lowest BCUT2D eigenvalue weighted by atomic mass is 10.1. The molecule has 5 rings (SSSR count). The number of hydrogen-bond donors (Lipinski definition) is 0. The van der Waals surface area contributed by atoms with E-state index in [9.17, 15) is 0 Å². The number of nitrogens with zero attached hydrogens (tertiary/aromatic N) is 8. The fourth-order valence-corrected chi connectivity index (χ4v) is 3.67. The van der Waals surface area contributed by atoms with Crippen molar-refractivity contribution in [1.82, 2.24) is 29.9 Å². The summed E-state index contributed by atoms with van der Waals surface area (Å²) in [6.45, 7) is 6.75. The van der Waals surface area contributed by atoms with Gasteiger partial charge in [0.05, 0.1) is 18.9 Å². The summed E-state index contributed by atoms with van der Waals surface area (Å²) in [5, 5.41) is 13.1. The summed E-state index contributed by atoms with van der Waals surface area (Å²) in [5.74, 6) is 3.39. The second-order valence-electron chi connectivity index (χ2n) is 7.03. The number of ether oxygens (including phenoxy) is 1. The highest BCUT2D eigenvalue weighted by atomic mass is 16.5. The molecule has 0 unspecified atom stereocenters. The zero-order valence-electron chi connectivity index (χ0n) is 15.8. The first-order valence-corrected chi connectivity index (χ1v) is 9.55. The Hall–Kier alpha value is -3.07. The predicted molar refractivity (Wildman–Crippen MR) is 104 cm³/mol. The molecule has 2 aliphatic rings. The predicted octanol–water partition coefficient (Wildman–Crippen LogP) is 1.16. The molecule has 2 aliphatic heterocycles. The van der Waals surface area contributed by atoms with Crippen LogP contribution in [-0.2, 0) is 17.8 Å². The molecule has 0 aliphatic carbocycles. The Morgan fingerprint density at radius 2 is 1.71 bits per heavy atom. The molecule has 0 radical (unpaired) electrons. The van der Waals surface area contributed by atoms with E-state index in [0.717, 1.165) is 73.7 Å². The van der Waals surface area contributed by atoms with Crippen molar-refractivity contribution in [2.75, 3.05) is 42.6 Å². The molecule has 0 N–H and O–H groups in total. The topological polar surface area (TPSA) is 85.1 Å². The Balaban J connectivity index is 1.31. The zero-order chi connectivity index (χ0) is 18.9. The third-order valence-electron chi connectivity index (χ3n) is 5.17. The van der Waals surface area contributed by atoms with E-state index in [0.29, 0.717) is 6.61 Å². The first kappa shape index (κ1) is 17.1. The van der Waals surface area contributed by atoms with Gasteiger partial charge in [-0.25, -0.2) is 14.6 Å². The van der Waals surface area contributed by atoms with Crippen LogP contribution in [0.3, 0.4) is 0 Å². The van der Waals surface area contributed by atoms with Crippen LogP contribution in [0, 0.1) is 6.92 Å². The van der Waals surface area contributed by atoms with Gasteiger partial charge in [-0.05, 0) is 19.1 Å². The summed E-state index contributed by atoms with van der Waals surface area (Å²) >= 11 is 0. The van der Waals surface area contributed by atoms with Crippen LogP contribution in [0.4, 0.5) is 11.6 Å². The van der Waals surface area contributed by atoms with Crippen molar-refractivity contribution in [2.24, 2.45) is 0 Å². The minimum atomic E-state index is 0.633. The molecule has 0 aromatic carbocycles. The minimum Gasteiger partial charge on any atom is -0.376 e. The van der Waals surface area contributed by atoms with Crippen LogP contribution in [0.1, 0.15) is 17.1 Å². The normalized spacial score (nSPS) is 16.9. The van der Waals surface area contributed by atoms with Crippen LogP contribution in [0.2, 0.25) is 0 Å². The van der Waals surface area contributed by atoms with Gasteiger partial charge in [0.2, 0.25) is 0 Å². The standard InChI is InChI=1S/C19H22N8O/c1-14-21-17(12-18(22-14)27-5-2-4-20-27)25-6-8-26(9-7-25)19-11-15-13-28-10-3-16(15)23-24-19/h2,4-5,11-12H,3,6-10,13H2,1H3. The number of anilines is 2. The number of rotatable bonds is 3. The van der Waals surface area contributed by atoms with Crippen LogP contribution in [0.15, 0.2) is 30.6 Å². The molecule has 0 saturated carbocycles. The molecular weight excluding hydrogens is 356 g/mol. The highest BCUT2D eigenvalue weighted by Crippen LogP contribution is 2.22. The van der Waals surface area contributed by atoms with E-state index < -0.39 is 0 Å². The van der Waals surface area contributed by atoms with E-state index in [4.69, 9.17) is 4.74 Å². The monoisotopic (exact) mass is 378 g/mol. The Morgan fingerprint density at radius 1 is 0.929 bits per heavy atom. The van der Waals surface area contributed by atoms with Crippen molar-refractivity contribution in [3.8, 4) is 5.82 Å². The Morgan fingerprint density at radius 3 is 2.50 bits per heavy atom. The van der Waals surface area contributed by atoms with Gasteiger partial charge in [0.15, 0.2) is 11.6 Å². The fraction of sp³-hybridized carbons (Fsp3) is 0.421. The molecule has 3 aromatic rings. The SMILES string of the molecule is Cc1nc(N2CCN(c3cc4c(nn3)CCOC4)CC2)cc(-n2cccn2)n1. The van der Waals surface area contributed by atoms with Gasteiger partial charge in [0.25, 0.3) is 0 Å². The van der Waals surface area contributed by atoms with E-state index in [1.54, 1.807) is 10.9 Å². The molecule has 5 heterocycles. The Labute approximate surface area is 163 Å². The maximum atomic E-state index is 5.55. The van der Waals surface area contributed by atoms with E-state index in [1.807, 2.05) is 25.3 Å². The largest absolute Gasteiger partial charge is 0.376 e. The second kappa shape index (κ2) is 7.16. The van der Waals surface area contributed by atoms with Crippen LogP contribution in [0.5, 0.6) is 0 Å². The van der Waals surface area contributed by atoms with E-state index >= 15 is 0 Å². The summed E-state index contributed by atoms with van der Waals surface area (Å²) in [6.07, 6.45) is 4.49. The van der Waals surface area contributed by atoms with Crippen LogP contribution >= 0.6 is 0 Å². The number of aromatic nitrogens is 6. The molecule has 0 spiro atoms. The molecule has 0 atom stereocenters. The van der Waals surface area contributed by atoms with Gasteiger partial charge >= 0.3 is 0 Å². The van der Waals surface area contributed by atoms with Crippen molar-refractivity contribution in [3.63, 3.8) is 0 Å². The lowest BCUT2D eigenvalue weighted by Crippen LogP contribution is -2.47. The highest BCUT2D eigenvalue weighted by molar-refractivity contribution is 5.48. The van der Waals surface area contributed by atoms with Crippen molar-refractivity contribution in [3.05, 3.63) is 47.7 Å². The number of piperazine rings is 1.